The van der Waals surface area contributed by atoms with E-state index in [2.05, 4.69) is 29.1 Å². The maximum Gasteiger partial charge on any atom is 0.115 e. The van der Waals surface area contributed by atoms with Gasteiger partial charge in [-0.2, -0.15) is 0 Å². The van der Waals surface area contributed by atoms with Gasteiger partial charge in [-0.1, -0.05) is 13.8 Å². The molecule has 1 aliphatic carbocycles. The molecule has 0 radical (unpaired) electrons. The first kappa shape index (κ1) is 8.48. The maximum absolute atomic E-state index is 3.97. The van der Waals surface area contributed by atoms with Crippen LogP contribution in [-0.2, 0) is 0 Å². The zero-order valence-corrected chi connectivity index (χ0v) is 8.12. The fourth-order valence-corrected chi connectivity index (χ4v) is 1.71. The molecule has 1 aliphatic rings. The zero-order valence-electron chi connectivity index (χ0n) is 8.12. The van der Waals surface area contributed by atoms with Crippen LogP contribution in [0.25, 0.3) is 0 Å². The lowest BCUT2D eigenvalue weighted by Gasteiger charge is -2.45. The van der Waals surface area contributed by atoms with Gasteiger partial charge in [-0.25, -0.2) is 9.97 Å². The highest BCUT2D eigenvalue weighted by Crippen LogP contribution is 2.41. The topological polar surface area (TPSA) is 37.8 Å². The molecular formula is C10H15N3. The van der Waals surface area contributed by atoms with Gasteiger partial charge < -0.3 is 5.32 Å². The molecule has 3 nitrogen and oxygen atoms in total. The van der Waals surface area contributed by atoms with Gasteiger partial charge in [-0.15, -0.1) is 0 Å². The second-order valence-electron chi connectivity index (χ2n) is 4.35. The lowest BCUT2D eigenvalue weighted by Crippen LogP contribution is -2.45. The number of hydrogen-bond acceptors (Lipinski definition) is 3. The van der Waals surface area contributed by atoms with Crippen LogP contribution >= 0.6 is 0 Å². The molecule has 0 spiro atoms. The van der Waals surface area contributed by atoms with E-state index in [-0.39, 0.29) is 0 Å². The van der Waals surface area contributed by atoms with Gasteiger partial charge in [0, 0.05) is 6.04 Å². The summed E-state index contributed by atoms with van der Waals surface area (Å²) in [5.74, 6) is 0. The molecule has 1 unspecified atom stereocenters. The van der Waals surface area contributed by atoms with Crippen LogP contribution in [0.15, 0.2) is 18.7 Å². The summed E-state index contributed by atoms with van der Waals surface area (Å²) in [4.78, 5) is 7.94. The molecule has 13 heavy (non-hydrogen) atoms. The van der Waals surface area contributed by atoms with Gasteiger partial charge in [0.15, 0.2) is 0 Å². The SMILES string of the molecule is CC1(C)CCC1Nc1cncnc1. The molecule has 0 bridgehead atoms. The predicted octanol–water partition coefficient (Wildman–Crippen LogP) is 2.08. The Balaban J connectivity index is 2.00. The Morgan fingerprint density at radius 3 is 2.54 bits per heavy atom. The van der Waals surface area contributed by atoms with Crippen molar-refractivity contribution in [3.63, 3.8) is 0 Å². The Morgan fingerprint density at radius 1 is 1.38 bits per heavy atom. The molecule has 1 fully saturated rings. The number of nitrogens with zero attached hydrogens (tertiary/aromatic N) is 2. The van der Waals surface area contributed by atoms with E-state index in [9.17, 15) is 0 Å². The Bertz CT molecular complexity index is 281. The second kappa shape index (κ2) is 2.98. The summed E-state index contributed by atoms with van der Waals surface area (Å²) in [6.45, 7) is 4.58. The van der Waals surface area contributed by atoms with Crippen LogP contribution in [0.5, 0.6) is 0 Å². The van der Waals surface area contributed by atoms with Crippen LogP contribution in [0, 0.1) is 5.41 Å². The second-order valence-corrected chi connectivity index (χ2v) is 4.35. The molecule has 1 heterocycles. The predicted molar refractivity (Wildman–Crippen MR) is 52.5 cm³/mol. The van der Waals surface area contributed by atoms with Gasteiger partial charge in [0.25, 0.3) is 0 Å². The summed E-state index contributed by atoms with van der Waals surface area (Å²) in [7, 11) is 0. The van der Waals surface area contributed by atoms with Crippen molar-refractivity contribution in [1.29, 1.82) is 0 Å². The van der Waals surface area contributed by atoms with Crippen molar-refractivity contribution in [2.45, 2.75) is 32.7 Å². The molecule has 70 valence electrons. The molecule has 3 heteroatoms. The van der Waals surface area contributed by atoms with Crippen LogP contribution in [0.1, 0.15) is 26.7 Å². The minimum Gasteiger partial charge on any atom is -0.379 e. The van der Waals surface area contributed by atoms with E-state index < -0.39 is 0 Å². The molecule has 1 atom stereocenters. The minimum absolute atomic E-state index is 0.426. The quantitative estimate of drug-likeness (QED) is 0.751. The van der Waals surface area contributed by atoms with E-state index in [1.165, 1.54) is 12.8 Å². The number of rotatable bonds is 2. The van der Waals surface area contributed by atoms with E-state index >= 15 is 0 Å². The van der Waals surface area contributed by atoms with E-state index in [1.54, 1.807) is 6.33 Å². The molecule has 1 N–H and O–H groups in total. The van der Waals surface area contributed by atoms with Crippen LogP contribution in [0.3, 0.4) is 0 Å². The average Bonchev–Trinajstić information content (AvgIpc) is 2.15. The van der Waals surface area contributed by atoms with Crippen molar-refractivity contribution in [2.24, 2.45) is 5.41 Å². The summed E-state index contributed by atoms with van der Waals surface area (Å²) in [6, 6.07) is 0.582. The summed E-state index contributed by atoms with van der Waals surface area (Å²) < 4.78 is 0. The largest absolute Gasteiger partial charge is 0.379 e. The van der Waals surface area contributed by atoms with E-state index in [4.69, 9.17) is 0 Å². The minimum atomic E-state index is 0.426. The van der Waals surface area contributed by atoms with Gasteiger partial charge >= 0.3 is 0 Å². The monoisotopic (exact) mass is 177 g/mol. The molecule has 0 saturated heterocycles. The van der Waals surface area contributed by atoms with Crippen LogP contribution < -0.4 is 5.32 Å². The van der Waals surface area contributed by atoms with Gasteiger partial charge in [-0.3, -0.25) is 0 Å². The normalized spacial score (nSPS) is 24.9. The van der Waals surface area contributed by atoms with Crippen LogP contribution in [0.2, 0.25) is 0 Å². The van der Waals surface area contributed by atoms with E-state index in [0.717, 1.165) is 5.69 Å². The van der Waals surface area contributed by atoms with Crippen molar-refractivity contribution in [3.8, 4) is 0 Å². The number of nitrogens with one attached hydrogen (secondary N) is 1. The van der Waals surface area contributed by atoms with Crippen molar-refractivity contribution in [2.75, 3.05) is 5.32 Å². The Labute approximate surface area is 78.6 Å². The lowest BCUT2D eigenvalue weighted by molar-refractivity contribution is 0.160. The summed E-state index contributed by atoms with van der Waals surface area (Å²) in [5.41, 5.74) is 1.45. The maximum atomic E-state index is 3.97. The highest BCUT2D eigenvalue weighted by molar-refractivity contribution is 5.39. The van der Waals surface area contributed by atoms with Crippen LogP contribution in [-0.4, -0.2) is 16.0 Å². The van der Waals surface area contributed by atoms with Crippen molar-refractivity contribution >= 4 is 5.69 Å². The Hall–Kier alpha value is -1.12. The van der Waals surface area contributed by atoms with Gasteiger partial charge in [0.05, 0.1) is 18.1 Å². The Kier molecular flexibility index (Phi) is 1.94. The molecule has 1 aromatic rings. The molecule has 0 aliphatic heterocycles. The van der Waals surface area contributed by atoms with Crippen molar-refractivity contribution in [1.82, 2.24) is 9.97 Å². The number of hydrogen-bond donors (Lipinski definition) is 1. The molecule has 1 saturated carbocycles. The first-order valence-electron chi connectivity index (χ1n) is 4.70. The molecule has 0 amide bonds. The lowest BCUT2D eigenvalue weighted by atomic mass is 9.67. The van der Waals surface area contributed by atoms with Crippen LogP contribution in [0.4, 0.5) is 5.69 Å². The average molecular weight is 177 g/mol. The van der Waals surface area contributed by atoms with E-state index in [0.29, 0.717) is 11.5 Å². The third-order valence-electron chi connectivity index (χ3n) is 2.92. The van der Waals surface area contributed by atoms with Gasteiger partial charge in [0.1, 0.15) is 6.33 Å². The molecule has 1 aromatic heterocycles. The fraction of sp³-hybridized carbons (Fsp3) is 0.600. The fourth-order valence-electron chi connectivity index (χ4n) is 1.71. The molecule has 0 aromatic carbocycles. The highest BCUT2D eigenvalue weighted by atomic mass is 15.0. The third-order valence-corrected chi connectivity index (χ3v) is 2.92. The van der Waals surface area contributed by atoms with Crippen molar-refractivity contribution < 1.29 is 0 Å². The number of anilines is 1. The molecule has 2 rings (SSSR count). The third kappa shape index (κ3) is 1.64. The summed E-state index contributed by atoms with van der Waals surface area (Å²) >= 11 is 0. The first-order valence-corrected chi connectivity index (χ1v) is 4.70. The smallest absolute Gasteiger partial charge is 0.115 e. The van der Waals surface area contributed by atoms with Gasteiger partial charge in [0.2, 0.25) is 0 Å². The summed E-state index contributed by atoms with van der Waals surface area (Å²) in [5, 5.41) is 3.44. The standard InChI is InChI=1S/C10H15N3/c1-10(2)4-3-9(10)13-8-5-11-7-12-6-8/h5-7,9,13H,3-4H2,1-2H3. The van der Waals surface area contributed by atoms with Gasteiger partial charge in [-0.05, 0) is 18.3 Å². The summed E-state index contributed by atoms with van der Waals surface area (Å²) in [6.07, 6.45) is 7.75. The highest BCUT2D eigenvalue weighted by Gasteiger charge is 2.38. The zero-order chi connectivity index (χ0) is 9.31. The first-order chi connectivity index (χ1) is 6.18. The molecular weight excluding hydrogens is 162 g/mol. The number of aromatic nitrogens is 2. The van der Waals surface area contributed by atoms with E-state index in [1.807, 2.05) is 12.4 Å². The van der Waals surface area contributed by atoms with Crippen molar-refractivity contribution in [3.05, 3.63) is 18.7 Å². The Morgan fingerprint density at radius 2 is 2.08 bits per heavy atom.